The van der Waals surface area contributed by atoms with Crippen LogP contribution in [0, 0.1) is 11.5 Å². The van der Waals surface area contributed by atoms with Gasteiger partial charge in [0, 0.05) is 24.4 Å². The van der Waals surface area contributed by atoms with E-state index in [1.165, 1.54) is 0 Å². The topological polar surface area (TPSA) is 73.2 Å². The Bertz CT molecular complexity index is 1090. The predicted molar refractivity (Wildman–Crippen MR) is 118 cm³/mol. The smallest absolute Gasteiger partial charge is 0.258 e. The van der Waals surface area contributed by atoms with Crippen molar-refractivity contribution >= 4 is 34.2 Å². The summed E-state index contributed by atoms with van der Waals surface area (Å²) in [5.41, 5.74) is 2.23. The van der Waals surface area contributed by atoms with Crippen LogP contribution in [-0.2, 0) is 17.1 Å². The van der Waals surface area contributed by atoms with E-state index >= 15 is 0 Å². The van der Waals surface area contributed by atoms with E-state index < -0.39 is 11.9 Å². The summed E-state index contributed by atoms with van der Waals surface area (Å²) >= 11 is 5.80. The van der Waals surface area contributed by atoms with E-state index in [4.69, 9.17) is 11.6 Å². The summed E-state index contributed by atoms with van der Waals surface area (Å²) in [4.78, 5) is 26.7. The van der Waals surface area contributed by atoms with E-state index in [1.807, 2.05) is 48.7 Å². The molecule has 2 amide bonds. The molecule has 0 bridgehead atoms. The number of likely N-dealkylation sites (N-methyl/N-ethyl adjacent to an activating group) is 1. The molecule has 0 saturated carbocycles. The number of fused-ring (bicyclic) bond motifs is 1. The lowest BCUT2D eigenvalue weighted by Crippen LogP contribution is -2.48. The van der Waals surface area contributed by atoms with Crippen LogP contribution in [0.15, 0.2) is 66.7 Å². The highest BCUT2D eigenvalue weighted by Crippen LogP contribution is 2.17. The van der Waals surface area contributed by atoms with Gasteiger partial charge in [0.2, 0.25) is 0 Å². The minimum Gasteiger partial charge on any atom is -0.340 e. The summed E-state index contributed by atoms with van der Waals surface area (Å²) in [5.74, 6) is -0.443. The third kappa shape index (κ3) is 4.97. The van der Waals surface area contributed by atoms with Crippen LogP contribution in [-0.4, -0.2) is 29.3 Å². The van der Waals surface area contributed by atoms with Gasteiger partial charge in [-0.15, -0.1) is 11.6 Å². The number of benzene rings is 3. The average molecular weight is 420 g/mol. The molecule has 1 N–H and O–H groups in total. The van der Waals surface area contributed by atoms with Gasteiger partial charge in [-0.2, -0.15) is 5.26 Å². The van der Waals surface area contributed by atoms with Crippen molar-refractivity contribution in [2.75, 3.05) is 6.54 Å². The molecule has 0 radical (unpaired) electrons. The summed E-state index contributed by atoms with van der Waals surface area (Å²) in [6, 6.07) is 19.9. The zero-order chi connectivity index (χ0) is 21.5. The van der Waals surface area contributed by atoms with Gasteiger partial charge in [-0.05, 0) is 41.0 Å². The van der Waals surface area contributed by atoms with Gasteiger partial charge in [-0.1, -0.05) is 54.6 Å². The largest absolute Gasteiger partial charge is 0.340 e. The summed E-state index contributed by atoms with van der Waals surface area (Å²) < 4.78 is 0. The molecule has 1 atom stereocenters. The number of nitriles is 1. The quantitative estimate of drug-likeness (QED) is 0.353. The normalized spacial score (nSPS) is 11.5. The minimum atomic E-state index is -0.856. The standard InChI is InChI=1S/C24H22ClN3O2/c1-2-28(16-26)24(30)22(27-23(29)20-11-7-17(15-25)8-12-20)14-18-9-10-19-5-3-4-6-21(19)13-18/h3-13,22H,2,14-15H2,1H3,(H,27,29). The van der Waals surface area contributed by atoms with Crippen LogP contribution in [0.1, 0.15) is 28.4 Å². The summed E-state index contributed by atoms with van der Waals surface area (Å²) in [5, 5.41) is 14.2. The molecule has 0 aliphatic rings. The first-order valence-corrected chi connectivity index (χ1v) is 10.2. The van der Waals surface area contributed by atoms with Gasteiger partial charge < -0.3 is 5.32 Å². The van der Waals surface area contributed by atoms with Crippen LogP contribution in [0.25, 0.3) is 10.8 Å². The number of nitrogens with one attached hydrogen (secondary N) is 1. The lowest BCUT2D eigenvalue weighted by Gasteiger charge is -2.22. The highest BCUT2D eigenvalue weighted by Gasteiger charge is 2.26. The van der Waals surface area contributed by atoms with E-state index in [2.05, 4.69) is 5.32 Å². The Hall–Kier alpha value is -3.36. The molecular weight excluding hydrogens is 398 g/mol. The maximum absolute atomic E-state index is 12.9. The molecule has 3 aromatic rings. The first kappa shape index (κ1) is 21.4. The summed E-state index contributed by atoms with van der Waals surface area (Å²) in [6.07, 6.45) is 2.18. The number of carbonyl (C=O) groups is 2. The Labute approximate surface area is 180 Å². The number of amides is 2. The van der Waals surface area contributed by atoms with Crippen LogP contribution in [0.4, 0.5) is 0 Å². The zero-order valence-corrected chi connectivity index (χ0v) is 17.4. The van der Waals surface area contributed by atoms with Crippen molar-refractivity contribution in [2.24, 2.45) is 0 Å². The van der Waals surface area contributed by atoms with E-state index in [0.717, 1.165) is 26.8 Å². The predicted octanol–water partition coefficient (Wildman–Crippen LogP) is 4.25. The molecular formula is C24H22ClN3O2. The van der Waals surface area contributed by atoms with Crippen LogP contribution in [0.5, 0.6) is 0 Å². The van der Waals surface area contributed by atoms with Crippen LogP contribution in [0.3, 0.4) is 0 Å². The van der Waals surface area contributed by atoms with Gasteiger partial charge >= 0.3 is 0 Å². The third-order valence-electron chi connectivity index (χ3n) is 4.93. The highest BCUT2D eigenvalue weighted by molar-refractivity contribution is 6.17. The second-order valence-electron chi connectivity index (χ2n) is 6.92. The van der Waals surface area contributed by atoms with Crippen molar-refractivity contribution in [2.45, 2.75) is 25.3 Å². The fourth-order valence-electron chi connectivity index (χ4n) is 3.25. The van der Waals surface area contributed by atoms with Gasteiger partial charge in [0.15, 0.2) is 6.19 Å². The molecule has 30 heavy (non-hydrogen) atoms. The number of rotatable bonds is 7. The molecule has 3 rings (SSSR count). The summed E-state index contributed by atoms with van der Waals surface area (Å²) in [6.45, 7) is 1.96. The van der Waals surface area contributed by atoms with Gasteiger partial charge in [0.1, 0.15) is 6.04 Å². The molecule has 152 valence electrons. The van der Waals surface area contributed by atoms with Gasteiger partial charge in [-0.3, -0.25) is 9.59 Å². The third-order valence-corrected chi connectivity index (χ3v) is 5.24. The molecule has 3 aromatic carbocycles. The molecule has 0 aliphatic heterocycles. The zero-order valence-electron chi connectivity index (χ0n) is 16.6. The molecule has 0 fully saturated rings. The van der Waals surface area contributed by atoms with E-state index in [9.17, 15) is 14.9 Å². The number of hydrogen-bond donors (Lipinski definition) is 1. The van der Waals surface area contributed by atoms with Crippen LogP contribution in [0.2, 0.25) is 0 Å². The molecule has 0 aromatic heterocycles. The lowest BCUT2D eigenvalue weighted by atomic mass is 10.0. The maximum atomic E-state index is 12.9. The van der Waals surface area contributed by atoms with E-state index in [0.29, 0.717) is 11.4 Å². The Morgan fingerprint density at radius 3 is 2.33 bits per heavy atom. The molecule has 5 nitrogen and oxygen atoms in total. The molecule has 0 saturated heterocycles. The van der Waals surface area contributed by atoms with Gasteiger partial charge in [0.25, 0.3) is 11.8 Å². The number of alkyl halides is 1. The highest BCUT2D eigenvalue weighted by atomic mass is 35.5. The summed E-state index contributed by atoms with van der Waals surface area (Å²) in [7, 11) is 0. The lowest BCUT2D eigenvalue weighted by molar-refractivity contribution is -0.130. The van der Waals surface area contributed by atoms with Gasteiger partial charge in [0.05, 0.1) is 0 Å². The Morgan fingerprint density at radius 2 is 1.70 bits per heavy atom. The van der Waals surface area contributed by atoms with Crippen molar-refractivity contribution in [3.8, 4) is 6.19 Å². The fourth-order valence-corrected chi connectivity index (χ4v) is 3.43. The maximum Gasteiger partial charge on any atom is 0.258 e. The molecule has 0 spiro atoms. The van der Waals surface area contributed by atoms with Crippen molar-refractivity contribution in [3.05, 3.63) is 83.4 Å². The fraction of sp³-hybridized carbons (Fsp3) is 0.208. The Kier molecular flexibility index (Phi) is 7.05. The molecule has 0 aliphatic carbocycles. The van der Waals surface area contributed by atoms with Gasteiger partial charge in [-0.25, -0.2) is 4.90 Å². The monoisotopic (exact) mass is 419 g/mol. The van der Waals surface area contributed by atoms with Crippen molar-refractivity contribution in [1.82, 2.24) is 10.2 Å². The van der Waals surface area contributed by atoms with E-state index in [1.54, 1.807) is 31.2 Å². The van der Waals surface area contributed by atoms with Crippen molar-refractivity contribution in [3.63, 3.8) is 0 Å². The number of halogens is 1. The first-order valence-electron chi connectivity index (χ1n) is 9.70. The Morgan fingerprint density at radius 1 is 1.03 bits per heavy atom. The molecule has 6 heteroatoms. The van der Waals surface area contributed by atoms with E-state index in [-0.39, 0.29) is 18.9 Å². The van der Waals surface area contributed by atoms with Crippen molar-refractivity contribution < 1.29 is 9.59 Å². The number of hydrogen-bond acceptors (Lipinski definition) is 3. The van der Waals surface area contributed by atoms with Crippen LogP contribution >= 0.6 is 11.6 Å². The average Bonchev–Trinajstić information content (AvgIpc) is 2.79. The molecule has 0 heterocycles. The Balaban J connectivity index is 1.85. The minimum absolute atomic E-state index is 0.240. The number of nitrogens with zero attached hydrogens (tertiary/aromatic N) is 2. The van der Waals surface area contributed by atoms with Crippen molar-refractivity contribution in [1.29, 1.82) is 5.26 Å². The first-order chi connectivity index (χ1) is 14.5. The van der Waals surface area contributed by atoms with Crippen LogP contribution < -0.4 is 5.32 Å². The number of carbonyl (C=O) groups excluding carboxylic acids is 2. The SMILES string of the molecule is CCN(C#N)C(=O)C(Cc1ccc2ccccc2c1)NC(=O)c1ccc(CCl)cc1. The molecule has 1 unspecified atom stereocenters. The second kappa shape index (κ2) is 9.91. The second-order valence-corrected chi connectivity index (χ2v) is 7.19.